The van der Waals surface area contributed by atoms with Crippen molar-refractivity contribution in [1.82, 2.24) is 4.31 Å². The van der Waals surface area contributed by atoms with E-state index in [-0.39, 0.29) is 4.90 Å². The zero-order valence-corrected chi connectivity index (χ0v) is 18.6. The summed E-state index contributed by atoms with van der Waals surface area (Å²) in [7, 11) is -7.06. The van der Waals surface area contributed by atoms with Crippen LogP contribution < -0.4 is 5.32 Å². The fraction of sp³-hybridized carbons (Fsp3) is 0.381. The maximum atomic E-state index is 12.8. The van der Waals surface area contributed by atoms with Crippen molar-refractivity contribution in [3.63, 3.8) is 0 Å². The average Bonchev–Trinajstić information content (AvgIpc) is 3.24. The van der Waals surface area contributed by atoms with E-state index in [4.69, 9.17) is 0 Å². The third kappa shape index (κ3) is 4.91. The van der Waals surface area contributed by atoms with Crippen molar-refractivity contribution in [3.8, 4) is 0 Å². The lowest BCUT2D eigenvalue weighted by Gasteiger charge is -2.22. The molecule has 162 valence electrons. The van der Waals surface area contributed by atoms with Gasteiger partial charge in [-0.1, -0.05) is 37.3 Å². The van der Waals surface area contributed by atoms with Gasteiger partial charge in [-0.25, -0.2) is 16.8 Å². The molecule has 0 bridgehead atoms. The van der Waals surface area contributed by atoms with E-state index >= 15 is 0 Å². The standard InChI is InChI=1S/C21H26N2O5S2/c1-16(20(29(2,25)26)17-8-4-3-5-9-17)21(24)22-18-10-12-19(13-11-18)30(27,28)23-14-6-7-15-23/h3-5,8-13,16,20H,6-7,14-15H2,1-2H3,(H,22,24)/t16-,20?/m0/s1. The maximum Gasteiger partial charge on any atom is 0.243 e. The van der Waals surface area contributed by atoms with Crippen LogP contribution in [-0.4, -0.2) is 46.4 Å². The van der Waals surface area contributed by atoms with Gasteiger partial charge < -0.3 is 5.32 Å². The Kier molecular flexibility index (Phi) is 6.64. The predicted octanol–water partition coefficient (Wildman–Crippen LogP) is 2.83. The molecule has 1 N–H and O–H groups in total. The van der Waals surface area contributed by atoms with Gasteiger partial charge >= 0.3 is 0 Å². The summed E-state index contributed by atoms with van der Waals surface area (Å²) >= 11 is 0. The molecular formula is C21H26N2O5S2. The lowest BCUT2D eigenvalue weighted by atomic mass is 9.99. The Balaban J connectivity index is 1.76. The second-order valence-corrected chi connectivity index (χ2v) is 11.7. The van der Waals surface area contributed by atoms with E-state index in [9.17, 15) is 21.6 Å². The first-order valence-electron chi connectivity index (χ1n) is 9.75. The van der Waals surface area contributed by atoms with Crippen molar-refractivity contribution >= 4 is 31.5 Å². The minimum Gasteiger partial charge on any atom is -0.326 e. The molecule has 1 amide bonds. The van der Waals surface area contributed by atoms with Gasteiger partial charge in [0.15, 0.2) is 9.84 Å². The minimum absolute atomic E-state index is 0.175. The number of nitrogens with zero attached hydrogens (tertiary/aromatic N) is 1. The van der Waals surface area contributed by atoms with Crippen molar-refractivity contribution in [3.05, 3.63) is 60.2 Å². The van der Waals surface area contributed by atoms with Gasteiger partial charge in [0.05, 0.1) is 16.1 Å². The molecule has 1 aliphatic heterocycles. The van der Waals surface area contributed by atoms with Crippen LogP contribution in [0, 0.1) is 5.92 Å². The van der Waals surface area contributed by atoms with Gasteiger partial charge in [-0.2, -0.15) is 4.31 Å². The summed E-state index contributed by atoms with van der Waals surface area (Å²) in [5.74, 6) is -1.29. The van der Waals surface area contributed by atoms with Crippen molar-refractivity contribution < 1.29 is 21.6 Å². The van der Waals surface area contributed by atoms with Crippen LogP contribution in [0.1, 0.15) is 30.6 Å². The molecule has 1 saturated heterocycles. The summed E-state index contributed by atoms with van der Waals surface area (Å²) in [6.07, 6.45) is 2.83. The van der Waals surface area contributed by atoms with Crippen LogP contribution in [0.4, 0.5) is 5.69 Å². The fourth-order valence-electron chi connectivity index (χ4n) is 3.73. The summed E-state index contributed by atoms with van der Waals surface area (Å²) in [6.45, 7) is 2.61. The zero-order chi connectivity index (χ0) is 21.9. The number of nitrogens with one attached hydrogen (secondary N) is 1. The quantitative estimate of drug-likeness (QED) is 0.699. The summed E-state index contributed by atoms with van der Waals surface area (Å²) in [5, 5.41) is 1.72. The molecule has 9 heteroatoms. The Morgan fingerprint density at radius 2 is 1.50 bits per heavy atom. The number of carbonyl (C=O) groups is 1. The molecule has 3 rings (SSSR count). The molecule has 7 nitrogen and oxygen atoms in total. The van der Waals surface area contributed by atoms with Gasteiger partial charge in [0.2, 0.25) is 15.9 Å². The number of sulfonamides is 1. The first kappa shape index (κ1) is 22.5. The molecule has 1 fully saturated rings. The number of carbonyl (C=O) groups excluding carboxylic acids is 1. The summed E-state index contributed by atoms with van der Waals surface area (Å²) in [5.41, 5.74) is 0.960. The van der Waals surface area contributed by atoms with Crippen LogP contribution in [0.2, 0.25) is 0 Å². The van der Waals surface area contributed by atoms with Crippen molar-refractivity contribution in [2.45, 2.75) is 29.9 Å². The van der Waals surface area contributed by atoms with Crippen LogP contribution in [0.15, 0.2) is 59.5 Å². The second-order valence-electron chi connectivity index (χ2n) is 7.57. The van der Waals surface area contributed by atoms with Crippen LogP contribution in [0.3, 0.4) is 0 Å². The lowest BCUT2D eigenvalue weighted by molar-refractivity contribution is -0.119. The number of anilines is 1. The third-order valence-corrected chi connectivity index (χ3v) is 8.80. The van der Waals surface area contributed by atoms with Crippen molar-refractivity contribution in [2.24, 2.45) is 5.92 Å². The van der Waals surface area contributed by atoms with Gasteiger partial charge in [-0.3, -0.25) is 4.79 Å². The molecule has 1 unspecified atom stereocenters. The van der Waals surface area contributed by atoms with Crippen LogP contribution in [0.5, 0.6) is 0 Å². The molecule has 0 aromatic heterocycles. The number of amides is 1. The normalized spacial score (nSPS) is 17.4. The van der Waals surface area contributed by atoms with Crippen LogP contribution >= 0.6 is 0 Å². The molecule has 0 spiro atoms. The molecule has 2 aromatic rings. The molecular weight excluding hydrogens is 424 g/mol. The van der Waals surface area contributed by atoms with Gasteiger partial charge in [-0.15, -0.1) is 0 Å². The smallest absolute Gasteiger partial charge is 0.243 e. The van der Waals surface area contributed by atoms with Crippen LogP contribution in [0.25, 0.3) is 0 Å². The maximum absolute atomic E-state index is 12.8. The van der Waals surface area contributed by atoms with E-state index in [1.165, 1.54) is 28.6 Å². The Hall–Kier alpha value is -2.23. The van der Waals surface area contributed by atoms with E-state index in [1.807, 2.05) is 0 Å². The predicted molar refractivity (Wildman–Crippen MR) is 116 cm³/mol. The van der Waals surface area contributed by atoms with E-state index in [1.54, 1.807) is 37.3 Å². The number of hydrogen-bond acceptors (Lipinski definition) is 5. The molecule has 2 aromatic carbocycles. The topological polar surface area (TPSA) is 101 Å². The molecule has 1 aliphatic rings. The minimum atomic E-state index is -3.54. The van der Waals surface area contributed by atoms with Gasteiger partial charge in [0, 0.05) is 25.0 Å². The Labute approximate surface area is 178 Å². The number of benzene rings is 2. The molecule has 1 heterocycles. The number of hydrogen-bond donors (Lipinski definition) is 1. The van der Waals surface area contributed by atoms with E-state index in [2.05, 4.69) is 5.32 Å². The van der Waals surface area contributed by atoms with Gasteiger partial charge in [0.25, 0.3) is 0 Å². The molecule has 30 heavy (non-hydrogen) atoms. The van der Waals surface area contributed by atoms with Crippen LogP contribution in [-0.2, 0) is 24.7 Å². The van der Waals surface area contributed by atoms with Crippen molar-refractivity contribution in [1.29, 1.82) is 0 Å². The number of sulfone groups is 1. The Morgan fingerprint density at radius 3 is 2.03 bits per heavy atom. The monoisotopic (exact) mass is 450 g/mol. The molecule has 0 aliphatic carbocycles. The number of rotatable bonds is 7. The summed E-state index contributed by atoms with van der Waals surface area (Å²) in [6, 6.07) is 14.6. The highest BCUT2D eigenvalue weighted by atomic mass is 32.2. The van der Waals surface area contributed by atoms with E-state index < -0.39 is 36.9 Å². The largest absolute Gasteiger partial charge is 0.326 e. The Morgan fingerprint density at radius 1 is 0.933 bits per heavy atom. The first-order chi connectivity index (χ1) is 14.1. The average molecular weight is 451 g/mol. The SMILES string of the molecule is C[C@H](C(=O)Nc1ccc(S(=O)(=O)N2CCCC2)cc1)C(c1ccccc1)S(C)(=O)=O. The molecule has 0 saturated carbocycles. The van der Waals surface area contributed by atoms with Gasteiger partial charge in [0.1, 0.15) is 0 Å². The summed E-state index contributed by atoms with van der Waals surface area (Å²) < 4.78 is 51.4. The second kappa shape index (κ2) is 8.87. The summed E-state index contributed by atoms with van der Waals surface area (Å²) in [4.78, 5) is 12.9. The van der Waals surface area contributed by atoms with Gasteiger partial charge in [-0.05, 0) is 42.7 Å². The first-order valence-corrected chi connectivity index (χ1v) is 13.1. The van der Waals surface area contributed by atoms with E-state index in [0.29, 0.717) is 24.3 Å². The third-order valence-electron chi connectivity index (χ3n) is 5.28. The fourth-order valence-corrected chi connectivity index (χ4v) is 6.76. The van der Waals surface area contributed by atoms with E-state index in [0.717, 1.165) is 19.1 Å². The molecule has 0 radical (unpaired) electrons. The zero-order valence-electron chi connectivity index (χ0n) is 17.0. The Bertz CT molecular complexity index is 1090. The van der Waals surface area contributed by atoms with Crippen molar-refractivity contribution in [2.75, 3.05) is 24.7 Å². The highest BCUT2D eigenvalue weighted by Gasteiger charge is 2.33. The molecule has 2 atom stereocenters. The highest BCUT2D eigenvalue weighted by molar-refractivity contribution is 7.91. The lowest BCUT2D eigenvalue weighted by Crippen LogP contribution is -2.30. The highest BCUT2D eigenvalue weighted by Crippen LogP contribution is 2.31.